The Morgan fingerprint density at radius 3 is 2.44 bits per heavy atom. The minimum Gasteiger partial charge on any atom is -0.483 e. The van der Waals surface area contributed by atoms with E-state index in [0.29, 0.717) is 11.5 Å². The number of halogens is 3. The molecule has 1 aromatic carbocycles. The summed E-state index contributed by atoms with van der Waals surface area (Å²) in [6.07, 6.45) is 1.46. The highest BCUT2D eigenvalue weighted by Crippen LogP contribution is 2.36. The Bertz CT molecular complexity index is 541. The smallest absolute Gasteiger partial charge is 0.235 e. The lowest BCUT2D eigenvalue weighted by molar-refractivity contribution is 0.0892. The lowest BCUT2D eigenvalue weighted by Gasteiger charge is -2.09. The van der Waals surface area contributed by atoms with E-state index in [0.717, 1.165) is 13.4 Å². The van der Waals surface area contributed by atoms with E-state index in [4.69, 9.17) is 9.15 Å². The van der Waals surface area contributed by atoms with E-state index in [9.17, 15) is 4.79 Å². The van der Waals surface area contributed by atoms with Crippen LogP contribution in [0.15, 0.2) is 48.4 Å². The lowest BCUT2D eigenvalue weighted by atomic mass is 10.3. The van der Waals surface area contributed by atoms with Crippen LogP contribution in [0.25, 0.3) is 0 Å². The standard InChI is InChI=1S/C12H7Br3O3/c13-7-4-8(14)12(9(15)5-7)18-6-10(16)11-2-1-3-17-11/h1-5H,6H2. The van der Waals surface area contributed by atoms with Gasteiger partial charge in [-0.1, -0.05) is 15.9 Å². The molecule has 0 aliphatic heterocycles. The van der Waals surface area contributed by atoms with Crippen LogP contribution in [0.2, 0.25) is 0 Å². The van der Waals surface area contributed by atoms with Crippen LogP contribution in [0.4, 0.5) is 0 Å². The summed E-state index contributed by atoms with van der Waals surface area (Å²) in [6.45, 7) is -0.0770. The molecule has 94 valence electrons. The number of ketones is 1. The third-order valence-electron chi connectivity index (χ3n) is 2.11. The van der Waals surface area contributed by atoms with Crippen molar-refractivity contribution >= 4 is 53.6 Å². The molecule has 0 N–H and O–H groups in total. The average Bonchev–Trinajstić information content (AvgIpc) is 2.80. The molecule has 0 fully saturated rings. The fourth-order valence-electron chi connectivity index (χ4n) is 1.31. The molecule has 18 heavy (non-hydrogen) atoms. The molecule has 0 unspecified atom stereocenters. The van der Waals surface area contributed by atoms with E-state index in [1.165, 1.54) is 6.26 Å². The van der Waals surface area contributed by atoms with Crippen molar-refractivity contribution < 1.29 is 13.9 Å². The molecule has 2 aromatic rings. The van der Waals surface area contributed by atoms with Gasteiger partial charge in [0, 0.05) is 4.47 Å². The first-order chi connectivity index (χ1) is 8.58. The highest BCUT2D eigenvalue weighted by molar-refractivity contribution is 9.11. The number of rotatable bonds is 4. The van der Waals surface area contributed by atoms with Gasteiger partial charge in [0.2, 0.25) is 5.78 Å². The predicted molar refractivity (Wildman–Crippen MR) is 78.1 cm³/mol. The molecule has 1 aromatic heterocycles. The predicted octanol–water partition coefficient (Wildman–Crippen LogP) is 4.83. The number of furan rings is 1. The second-order valence-corrected chi connectivity index (χ2v) is 6.01. The summed E-state index contributed by atoms with van der Waals surface area (Å²) < 4.78 is 12.9. The molecule has 2 rings (SSSR count). The second kappa shape index (κ2) is 6.04. The van der Waals surface area contributed by atoms with Crippen molar-refractivity contribution in [1.82, 2.24) is 0 Å². The average molecular weight is 439 g/mol. The summed E-state index contributed by atoms with van der Waals surface area (Å²) in [5.41, 5.74) is 0. The van der Waals surface area contributed by atoms with Gasteiger partial charge in [-0.3, -0.25) is 4.79 Å². The van der Waals surface area contributed by atoms with E-state index in [1.807, 2.05) is 12.1 Å². The SMILES string of the molecule is O=C(COc1c(Br)cc(Br)cc1Br)c1ccco1. The van der Waals surface area contributed by atoms with Crippen molar-refractivity contribution in [3.8, 4) is 5.75 Å². The van der Waals surface area contributed by atoms with Gasteiger partial charge in [0.1, 0.15) is 5.75 Å². The largest absolute Gasteiger partial charge is 0.483 e. The molecule has 6 heteroatoms. The van der Waals surface area contributed by atoms with E-state index >= 15 is 0 Å². The minimum atomic E-state index is -0.207. The van der Waals surface area contributed by atoms with Crippen LogP contribution in [-0.4, -0.2) is 12.4 Å². The lowest BCUT2D eigenvalue weighted by Crippen LogP contribution is -2.11. The Hall–Kier alpha value is -0.590. The van der Waals surface area contributed by atoms with Crippen molar-refractivity contribution in [2.75, 3.05) is 6.61 Å². The molecule has 0 saturated carbocycles. The fourth-order valence-corrected chi connectivity index (χ4v) is 3.80. The molecule has 0 spiro atoms. The van der Waals surface area contributed by atoms with Crippen molar-refractivity contribution in [2.24, 2.45) is 0 Å². The molecule has 0 radical (unpaired) electrons. The molecule has 0 amide bonds. The summed E-state index contributed by atoms with van der Waals surface area (Å²) in [5, 5.41) is 0. The molecule has 1 heterocycles. The number of ether oxygens (including phenoxy) is 1. The number of carbonyl (C=O) groups is 1. The van der Waals surface area contributed by atoms with E-state index in [2.05, 4.69) is 47.8 Å². The molecule has 0 bridgehead atoms. The number of benzene rings is 1. The summed E-state index contributed by atoms with van der Waals surface area (Å²) >= 11 is 10.1. The highest BCUT2D eigenvalue weighted by Gasteiger charge is 2.13. The number of Topliss-reactive ketones (excluding diaryl/α,β-unsaturated/α-hetero) is 1. The van der Waals surface area contributed by atoms with Crippen molar-refractivity contribution in [1.29, 1.82) is 0 Å². The van der Waals surface area contributed by atoms with Crippen LogP contribution in [0.1, 0.15) is 10.6 Å². The van der Waals surface area contributed by atoms with Gasteiger partial charge in [-0.2, -0.15) is 0 Å². The van der Waals surface area contributed by atoms with Crippen LogP contribution in [-0.2, 0) is 0 Å². The maximum Gasteiger partial charge on any atom is 0.235 e. The Morgan fingerprint density at radius 1 is 1.22 bits per heavy atom. The molecule has 0 saturated heterocycles. The van der Waals surface area contributed by atoms with Gasteiger partial charge in [-0.05, 0) is 56.1 Å². The molecular formula is C12H7Br3O3. The van der Waals surface area contributed by atoms with Gasteiger partial charge >= 0.3 is 0 Å². The van der Waals surface area contributed by atoms with Gasteiger partial charge in [0.15, 0.2) is 12.4 Å². The van der Waals surface area contributed by atoms with Gasteiger partial charge in [-0.15, -0.1) is 0 Å². The summed E-state index contributed by atoms with van der Waals surface area (Å²) in [6, 6.07) is 6.96. The Balaban J connectivity index is 2.09. The second-order valence-electron chi connectivity index (χ2n) is 3.39. The Labute approximate surface area is 129 Å². The van der Waals surface area contributed by atoms with Crippen LogP contribution in [0, 0.1) is 0 Å². The zero-order chi connectivity index (χ0) is 13.1. The van der Waals surface area contributed by atoms with E-state index in [-0.39, 0.29) is 12.4 Å². The first kappa shape index (κ1) is 13.8. The summed E-state index contributed by atoms with van der Waals surface area (Å²) in [5.74, 6) is 0.666. The third-order valence-corrected chi connectivity index (χ3v) is 3.74. The molecule has 3 nitrogen and oxygen atoms in total. The zero-order valence-corrected chi connectivity index (χ0v) is 13.7. The quantitative estimate of drug-likeness (QED) is 0.642. The maximum absolute atomic E-state index is 11.7. The fraction of sp³-hybridized carbons (Fsp3) is 0.0833. The Morgan fingerprint density at radius 2 is 1.89 bits per heavy atom. The van der Waals surface area contributed by atoms with Crippen molar-refractivity contribution in [3.63, 3.8) is 0 Å². The van der Waals surface area contributed by atoms with Gasteiger partial charge < -0.3 is 9.15 Å². The number of carbonyl (C=O) groups excluding carboxylic acids is 1. The summed E-state index contributed by atoms with van der Waals surface area (Å²) in [7, 11) is 0. The van der Waals surface area contributed by atoms with Crippen LogP contribution in [0.5, 0.6) is 5.75 Å². The first-order valence-electron chi connectivity index (χ1n) is 4.92. The molecule has 0 aliphatic carbocycles. The first-order valence-corrected chi connectivity index (χ1v) is 7.30. The topological polar surface area (TPSA) is 39.4 Å². The molecule has 0 atom stereocenters. The maximum atomic E-state index is 11.7. The van der Waals surface area contributed by atoms with E-state index in [1.54, 1.807) is 12.1 Å². The monoisotopic (exact) mass is 436 g/mol. The van der Waals surface area contributed by atoms with Gasteiger partial charge in [0.05, 0.1) is 15.2 Å². The summed E-state index contributed by atoms with van der Waals surface area (Å²) in [4.78, 5) is 11.7. The molecule has 0 aliphatic rings. The third kappa shape index (κ3) is 3.24. The van der Waals surface area contributed by atoms with Crippen LogP contribution >= 0.6 is 47.8 Å². The molecular weight excluding hydrogens is 432 g/mol. The number of hydrogen-bond acceptors (Lipinski definition) is 3. The zero-order valence-electron chi connectivity index (χ0n) is 8.95. The normalized spacial score (nSPS) is 10.4. The number of hydrogen-bond donors (Lipinski definition) is 0. The van der Waals surface area contributed by atoms with Crippen LogP contribution in [0.3, 0.4) is 0 Å². The van der Waals surface area contributed by atoms with Gasteiger partial charge in [0.25, 0.3) is 0 Å². The van der Waals surface area contributed by atoms with E-state index < -0.39 is 0 Å². The minimum absolute atomic E-state index is 0.0770. The van der Waals surface area contributed by atoms with Crippen LogP contribution < -0.4 is 4.74 Å². The Kier molecular flexibility index (Phi) is 4.64. The highest BCUT2D eigenvalue weighted by atomic mass is 79.9. The van der Waals surface area contributed by atoms with Crippen molar-refractivity contribution in [3.05, 3.63) is 49.7 Å². The van der Waals surface area contributed by atoms with Gasteiger partial charge in [-0.25, -0.2) is 0 Å². The van der Waals surface area contributed by atoms with Crippen molar-refractivity contribution in [2.45, 2.75) is 0 Å².